The van der Waals surface area contributed by atoms with Gasteiger partial charge in [0.25, 0.3) is 5.91 Å². The number of amides is 1. The van der Waals surface area contributed by atoms with Gasteiger partial charge in [-0.1, -0.05) is 0 Å². The lowest BCUT2D eigenvalue weighted by atomic mass is 10.1. The summed E-state index contributed by atoms with van der Waals surface area (Å²) in [5, 5.41) is 7.29. The number of benzene rings is 1. The Morgan fingerprint density at radius 1 is 1.21 bits per heavy atom. The van der Waals surface area contributed by atoms with E-state index in [2.05, 4.69) is 0 Å². The lowest BCUT2D eigenvalue weighted by Crippen LogP contribution is -2.38. The molecule has 3 N–H and O–H groups in total. The maximum Gasteiger partial charge on any atom is 0.260 e. The van der Waals surface area contributed by atoms with Crippen molar-refractivity contribution in [3.8, 4) is 5.75 Å². The first-order chi connectivity index (χ1) is 9.16. The molecule has 1 saturated heterocycles. The minimum atomic E-state index is 0.0240. The largest absolute Gasteiger partial charge is 0.484 e. The van der Waals surface area contributed by atoms with Crippen LogP contribution in [-0.2, 0) is 4.79 Å². The van der Waals surface area contributed by atoms with Crippen molar-refractivity contribution in [3.63, 3.8) is 0 Å². The normalized spacial score (nSPS) is 15.1. The number of hydrogen-bond acceptors (Lipinski definition) is 3. The third-order valence-corrected chi connectivity index (χ3v) is 3.24. The summed E-state index contributed by atoms with van der Waals surface area (Å²) in [6.07, 6.45) is 3.37. The summed E-state index contributed by atoms with van der Waals surface area (Å²) in [6.45, 7) is 1.75. The van der Waals surface area contributed by atoms with Crippen molar-refractivity contribution in [2.45, 2.75) is 19.3 Å². The lowest BCUT2D eigenvalue weighted by Gasteiger charge is -2.26. The quantitative estimate of drug-likeness (QED) is 0.634. The standard InChI is InChI=1S/C14H19N3O2/c15-14(16)11-4-6-12(7-5-11)19-10-13(18)17-8-2-1-3-9-17/h4-7H,1-3,8-10H2,(H3,15,16). The van der Waals surface area contributed by atoms with E-state index in [0.29, 0.717) is 11.3 Å². The smallest absolute Gasteiger partial charge is 0.260 e. The molecule has 102 valence electrons. The highest BCUT2D eigenvalue weighted by molar-refractivity contribution is 5.94. The molecule has 0 saturated carbocycles. The minimum Gasteiger partial charge on any atom is -0.484 e. The number of likely N-dealkylation sites (tertiary alicyclic amines) is 1. The molecule has 1 aromatic carbocycles. The summed E-state index contributed by atoms with van der Waals surface area (Å²) in [4.78, 5) is 13.7. The summed E-state index contributed by atoms with van der Waals surface area (Å²) in [7, 11) is 0. The summed E-state index contributed by atoms with van der Waals surface area (Å²) in [6, 6.07) is 6.87. The molecular formula is C14H19N3O2. The highest BCUT2D eigenvalue weighted by atomic mass is 16.5. The molecule has 2 rings (SSSR count). The number of amidine groups is 1. The van der Waals surface area contributed by atoms with Crippen molar-refractivity contribution in [2.24, 2.45) is 5.73 Å². The Kier molecular flexibility index (Phi) is 4.39. The van der Waals surface area contributed by atoms with Gasteiger partial charge in [0.15, 0.2) is 6.61 Å². The molecule has 0 bridgehead atoms. The van der Waals surface area contributed by atoms with Crippen LogP contribution in [0.3, 0.4) is 0 Å². The Bertz CT molecular complexity index is 450. The molecule has 0 spiro atoms. The fourth-order valence-electron chi connectivity index (χ4n) is 2.11. The van der Waals surface area contributed by atoms with E-state index >= 15 is 0 Å². The molecule has 0 atom stereocenters. The van der Waals surface area contributed by atoms with Gasteiger partial charge in [-0.2, -0.15) is 0 Å². The topological polar surface area (TPSA) is 79.4 Å². The van der Waals surface area contributed by atoms with Crippen molar-refractivity contribution < 1.29 is 9.53 Å². The second kappa shape index (κ2) is 6.22. The molecule has 0 unspecified atom stereocenters. The number of carbonyl (C=O) groups excluding carboxylic acids is 1. The Morgan fingerprint density at radius 3 is 2.42 bits per heavy atom. The summed E-state index contributed by atoms with van der Waals surface area (Å²) in [5.74, 6) is 0.682. The Morgan fingerprint density at radius 2 is 1.84 bits per heavy atom. The molecule has 1 aromatic rings. The van der Waals surface area contributed by atoms with Gasteiger partial charge in [-0.3, -0.25) is 10.2 Å². The molecule has 1 aliphatic rings. The van der Waals surface area contributed by atoms with Gasteiger partial charge in [-0.05, 0) is 43.5 Å². The van der Waals surface area contributed by atoms with E-state index in [9.17, 15) is 4.79 Å². The fourth-order valence-corrected chi connectivity index (χ4v) is 2.11. The summed E-state index contributed by atoms with van der Waals surface area (Å²) in [5.41, 5.74) is 6.01. The minimum absolute atomic E-state index is 0.0240. The zero-order valence-electron chi connectivity index (χ0n) is 10.9. The van der Waals surface area contributed by atoms with Crippen LogP contribution >= 0.6 is 0 Å². The van der Waals surface area contributed by atoms with Crippen LogP contribution in [0.5, 0.6) is 5.75 Å². The number of nitrogens with one attached hydrogen (secondary N) is 1. The highest BCUT2D eigenvalue weighted by Gasteiger charge is 2.16. The molecule has 5 nitrogen and oxygen atoms in total. The molecule has 1 fully saturated rings. The van der Waals surface area contributed by atoms with E-state index in [1.54, 1.807) is 24.3 Å². The van der Waals surface area contributed by atoms with Crippen LogP contribution in [-0.4, -0.2) is 36.3 Å². The van der Waals surface area contributed by atoms with Gasteiger partial charge in [-0.25, -0.2) is 0 Å². The third kappa shape index (κ3) is 3.71. The van der Waals surface area contributed by atoms with Crippen LogP contribution in [0.25, 0.3) is 0 Å². The van der Waals surface area contributed by atoms with E-state index in [-0.39, 0.29) is 18.3 Å². The van der Waals surface area contributed by atoms with Gasteiger partial charge in [-0.15, -0.1) is 0 Å². The Balaban J connectivity index is 1.84. The number of piperidine rings is 1. The van der Waals surface area contributed by atoms with Gasteiger partial charge < -0.3 is 15.4 Å². The molecule has 1 heterocycles. The van der Waals surface area contributed by atoms with Gasteiger partial charge >= 0.3 is 0 Å². The van der Waals surface area contributed by atoms with Gasteiger partial charge in [0.05, 0.1) is 0 Å². The van der Waals surface area contributed by atoms with Gasteiger partial charge in [0, 0.05) is 18.7 Å². The van der Waals surface area contributed by atoms with Crippen molar-refractivity contribution in [1.29, 1.82) is 5.41 Å². The number of ether oxygens (including phenoxy) is 1. The van der Waals surface area contributed by atoms with Crippen molar-refractivity contribution in [1.82, 2.24) is 4.90 Å². The van der Waals surface area contributed by atoms with Crippen molar-refractivity contribution in [2.75, 3.05) is 19.7 Å². The lowest BCUT2D eigenvalue weighted by molar-refractivity contribution is -0.134. The zero-order valence-corrected chi connectivity index (χ0v) is 10.9. The van der Waals surface area contributed by atoms with Crippen LogP contribution in [0.15, 0.2) is 24.3 Å². The highest BCUT2D eigenvalue weighted by Crippen LogP contribution is 2.13. The van der Waals surface area contributed by atoms with Crippen LogP contribution in [0.4, 0.5) is 0 Å². The Labute approximate surface area is 112 Å². The van der Waals surface area contributed by atoms with E-state index in [1.807, 2.05) is 4.90 Å². The van der Waals surface area contributed by atoms with Crippen LogP contribution in [0.1, 0.15) is 24.8 Å². The monoisotopic (exact) mass is 261 g/mol. The molecule has 0 aliphatic carbocycles. The number of nitrogens with zero attached hydrogens (tertiary/aromatic N) is 1. The first kappa shape index (κ1) is 13.4. The number of carbonyl (C=O) groups is 1. The number of nitrogen functional groups attached to an aromatic ring is 1. The van der Waals surface area contributed by atoms with Crippen molar-refractivity contribution in [3.05, 3.63) is 29.8 Å². The van der Waals surface area contributed by atoms with E-state index in [0.717, 1.165) is 25.9 Å². The maximum atomic E-state index is 11.9. The van der Waals surface area contributed by atoms with Crippen LogP contribution in [0.2, 0.25) is 0 Å². The first-order valence-corrected chi connectivity index (χ1v) is 6.52. The number of rotatable bonds is 4. The van der Waals surface area contributed by atoms with Crippen LogP contribution < -0.4 is 10.5 Å². The van der Waals surface area contributed by atoms with Crippen molar-refractivity contribution >= 4 is 11.7 Å². The molecular weight excluding hydrogens is 242 g/mol. The average molecular weight is 261 g/mol. The maximum absolute atomic E-state index is 11.9. The predicted octanol–water partition coefficient (Wildman–Crippen LogP) is 1.36. The van der Waals surface area contributed by atoms with Crippen LogP contribution in [0, 0.1) is 5.41 Å². The van der Waals surface area contributed by atoms with Gasteiger partial charge in [0.2, 0.25) is 0 Å². The SMILES string of the molecule is N=C(N)c1ccc(OCC(=O)N2CCCCC2)cc1. The average Bonchev–Trinajstić information content (AvgIpc) is 2.46. The Hall–Kier alpha value is -2.04. The van der Waals surface area contributed by atoms with E-state index < -0.39 is 0 Å². The second-order valence-corrected chi connectivity index (χ2v) is 4.67. The molecule has 1 aliphatic heterocycles. The van der Waals surface area contributed by atoms with E-state index in [4.69, 9.17) is 15.9 Å². The molecule has 19 heavy (non-hydrogen) atoms. The fraction of sp³-hybridized carbons (Fsp3) is 0.429. The first-order valence-electron chi connectivity index (χ1n) is 6.52. The number of hydrogen-bond donors (Lipinski definition) is 2. The van der Waals surface area contributed by atoms with E-state index in [1.165, 1.54) is 6.42 Å². The number of nitrogens with two attached hydrogens (primary N) is 1. The molecule has 5 heteroatoms. The molecule has 1 amide bonds. The van der Waals surface area contributed by atoms with Gasteiger partial charge in [0.1, 0.15) is 11.6 Å². The second-order valence-electron chi connectivity index (χ2n) is 4.67. The predicted molar refractivity (Wildman–Crippen MR) is 73.4 cm³/mol. The zero-order chi connectivity index (χ0) is 13.7. The summed E-state index contributed by atoms with van der Waals surface area (Å²) >= 11 is 0. The molecule has 0 radical (unpaired) electrons. The third-order valence-electron chi connectivity index (χ3n) is 3.24. The molecule has 0 aromatic heterocycles. The summed E-state index contributed by atoms with van der Waals surface area (Å²) < 4.78 is 5.45.